The Kier molecular flexibility index (Phi) is 7.65. The second-order valence-electron chi connectivity index (χ2n) is 12.7. The van der Waals surface area contributed by atoms with Crippen molar-refractivity contribution >= 4 is 37.4 Å². The van der Waals surface area contributed by atoms with Crippen molar-refractivity contribution in [1.82, 2.24) is 9.55 Å². The minimum Gasteiger partial charge on any atom is -0.493 e. The summed E-state index contributed by atoms with van der Waals surface area (Å²) in [7, 11) is -3.43. The molecule has 1 aliphatic heterocycles. The van der Waals surface area contributed by atoms with E-state index in [1.807, 2.05) is 52.0 Å². The van der Waals surface area contributed by atoms with Crippen LogP contribution in [0.2, 0.25) is 0 Å². The average Bonchev–Trinajstić information content (AvgIpc) is 2.97. The Morgan fingerprint density at radius 1 is 1.09 bits per heavy atom. The van der Waals surface area contributed by atoms with Gasteiger partial charge in [0.2, 0.25) is 0 Å². The maximum absolute atomic E-state index is 13.5. The Hall–Kier alpha value is -4.34. The molecule has 6 rings (SSSR count). The predicted octanol–water partition coefficient (Wildman–Crippen LogP) is 6.36. The molecule has 5 aromatic rings. The molecule has 1 aliphatic rings. The summed E-state index contributed by atoms with van der Waals surface area (Å²) in [5.74, 6) is 0.622. The van der Waals surface area contributed by atoms with Crippen LogP contribution in [0.5, 0.6) is 5.75 Å². The molecular formula is C36H36N2O6S. The SMILES string of the molecule is CC(=O)[C@@H](OC(C)(C)C)c1c(C)cc2c(ccc(=O)n2Cc2cccc(S(C)(=O)=O)c2)c1-c1ccc2c3c(ccnc13)CCO2. The molecule has 8 nitrogen and oxygen atoms in total. The number of nitrogens with zero attached hydrogens (tertiary/aromatic N) is 2. The highest BCUT2D eigenvalue weighted by molar-refractivity contribution is 7.90. The molecule has 1 atom stereocenters. The summed E-state index contributed by atoms with van der Waals surface area (Å²) in [6.07, 6.45) is 2.84. The highest BCUT2D eigenvalue weighted by Gasteiger charge is 2.31. The van der Waals surface area contributed by atoms with Gasteiger partial charge in [0.15, 0.2) is 15.6 Å². The van der Waals surface area contributed by atoms with Gasteiger partial charge in [-0.25, -0.2) is 8.42 Å². The number of hydrogen-bond donors (Lipinski definition) is 0. The second kappa shape index (κ2) is 11.2. The minimum atomic E-state index is -3.43. The van der Waals surface area contributed by atoms with E-state index < -0.39 is 21.5 Å². The molecule has 0 saturated carbocycles. The molecule has 3 aromatic carbocycles. The Morgan fingerprint density at radius 3 is 2.58 bits per heavy atom. The highest BCUT2D eigenvalue weighted by atomic mass is 32.2. The summed E-state index contributed by atoms with van der Waals surface area (Å²) >= 11 is 0. The minimum absolute atomic E-state index is 0.140. The zero-order valence-electron chi connectivity index (χ0n) is 26.3. The van der Waals surface area contributed by atoms with Crippen molar-refractivity contribution in [1.29, 1.82) is 0 Å². The number of aromatic nitrogens is 2. The van der Waals surface area contributed by atoms with Crippen molar-refractivity contribution in [3.05, 3.63) is 99.5 Å². The molecule has 0 aliphatic carbocycles. The molecule has 0 radical (unpaired) electrons. The van der Waals surface area contributed by atoms with E-state index in [9.17, 15) is 18.0 Å². The van der Waals surface area contributed by atoms with E-state index in [0.717, 1.165) is 57.0 Å². The van der Waals surface area contributed by atoms with Gasteiger partial charge in [-0.2, -0.15) is 0 Å². The lowest BCUT2D eigenvalue weighted by molar-refractivity contribution is -0.138. The molecule has 0 bridgehead atoms. The van der Waals surface area contributed by atoms with Crippen LogP contribution in [0.3, 0.4) is 0 Å². The Labute approximate surface area is 262 Å². The van der Waals surface area contributed by atoms with Crippen molar-refractivity contribution < 1.29 is 22.7 Å². The van der Waals surface area contributed by atoms with Gasteiger partial charge in [0.25, 0.3) is 5.56 Å². The first-order valence-electron chi connectivity index (χ1n) is 14.9. The quantitative estimate of drug-likeness (QED) is 0.208. The van der Waals surface area contributed by atoms with Crippen LogP contribution in [-0.2, 0) is 32.3 Å². The number of carbonyl (C=O) groups is 1. The lowest BCUT2D eigenvalue weighted by Gasteiger charge is -2.30. The number of rotatable bonds is 7. The Balaban J connectivity index is 1.70. The lowest BCUT2D eigenvalue weighted by atomic mass is 9.85. The van der Waals surface area contributed by atoms with Crippen LogP contribution in [0.4, 0.5) is 0 Å². The van der Waals surface area contributed by atoms with E-state index in [-0.39, 0.29) is 22.8 Å². The van der Waals surface area contributed by atoms with Gasteiger partial charge in [0.1, 0.15) is 11.9 Å². The molecule has 2 aromatic heterocycles. The van der Waals surface area contributed by atoms with E-state index in [1.165, 1.54) is 13.0 Å². The van der Waals surface area contributed by atoms with Crippen LogP contribution in [0, 0.1) is 6.92 Å². The van der Waals surface area contributed by atoms with Gasteiger partial charge in [-0.05, 0) is 105 Å². The van der Waals surface area contributed by atoms with E-state index >= 15 is 0 Å². The fourth-order valence-electron chi connectivity index (χ4n) is 6.24. The van der Waals surface area contributed by atoms with Gasteiger partial charge < -0.3 is 14.0 Å². The van der Waals surface area contributed by atoms with Crippen LogP contribution >= 0.6 is 0 Å². The first kappa shape index (κ1) is 30.7. The van der Waals surface area contributed by atoms with Crippen molar-refractivity contribution in [3.8, 4) is 16.9 Å². The number of hydrogen-bond acceptors (Lipinski definition) is 7. The third kappa shape index (κ3) is 5.78. The number of benzene rings is 3. The normalized spacial score (nSPS) is 14.0. The maximum Gasteiger partial charge on any atom is 0.251 e. The lowest BCUT2D eigenvalue weighted by Crippen LogP contribution is -2.27. The number of aryl methyl sites for hydroxylation is 1. The maximum atomic E-state index is 13.5. The summed E-state index contributed by atoms with van der Waals surface area (Å²) in [6, 6.07) is 17.8. The number of sulfone groups is 1. The molecule has 3 heterocycles. The number of ether oxygens (including phenoxy) is 2. The Morgan fingerprint density at radius 2 is 1.87 bits per heavy atom. The van der Waals surface area contributed by atoms with E-state index in [2.05, 4.69) is 0 Å². The number of ketones is 1. The summed E-state index contributed by atoms with van der Waals surface area (Å²) in [4.78, 5) is 31.8. The van der Waals surface area contributed by atoms with Gasteiger partial charge in [0.05, 0.1) is 34.7 Å². The van der Waals surface area contributed by atoms with Gasteiger partial charge in [-0.3, -0.25) is 14.6 Å². The first-order chi connectivity index (χ1) is 21.2. The smallest absolute Gasteiger partial charge is 0.251 e. The fourth-order valence-corrected chi connectivity index (χ4v) is 6.93. The summed E-state index contributed by atoms with van der Waals surface area (Å²) in [5.41, 5.74) is 5.41. The molecule has 0 fully saturated rings. The molecule has 232 valence electrons. The van der Waals surface area contributed by atoms with E-state index in [4.69, 9.17) is 14.5 Å². The highest BCUT2D eigenvalue weighted by Crippen LogP contribution is 2.45. The topological polar surface area (TPSA) is 105 Å². The molecular weight excluding hydrogens is 588 g/mol. The van der Waals surface area contributed by atoms with Crippen LogP contribution in [0.1, 0.15) is 56.1 Å². The summed E-state index contributed by atoms with van der Waals surface area (Å²) < 4.78 is 38.6. The largest absolute Gasteiger partial charge is 0.493 e. The molecule has 0 N–H and O–H groups in total. The summed E-state index contributed by atoms with van der Waals surface area (Å²) in [5, 5.41) is 1.68. The molecule has 0 unspecified atom stereocenters. The first-order valence-corrected chi connectivity index (χ1v) is 16.8. The second-order valence-corrected chi connectivity index (χ2v) is 14.7. The van der Waals surface area contributed by atoms with E-state index in [1.54, 1.807) is 41.1 Å². The molecule has 45 heavy (non-hydrogen) atoms. The van der Waals surface area contributed by atoms with Crippen LogP contribution in [0.25, 0.3) is 32.9 Å². The van der Waals surface area contributed by atoms with Crippen LogP contribution in [-0.4, -0.2) is 42.2 Å². The van der Waals surface area contributed by atoms with Crippen LogP contribution in [0.15, 0.2) is 76.6 Å². The summed E-state index contributed by atoms with van der Waals surface area (Å²) in [6.45, 7) is 9.95. The van der Waals surface area contributed by atoms with Gasteiger partial charge in [0, 0.05) is 41.3 Å². The number of carbonyl (C=O) groups excluding carboxylic acids is 1. The van der Waals surface area contributed by atoms with Crippen molar-refractivity contribution in [2.45, 2.75) is 64.2 Å². The van der Waals surface area contributed by atoms with Gasteiger partial charge in [-0.15, -0.1) is 0 Å². The van der Waals surface area contributed by atoms with Crippen molar-refractivity contribution in [3.63, 3.8) is 0 Å². The van der Waals surface area contributed by atoms with Crippen LogP contribution < -0.4 is 10.3 Å². The zero-order valence-corrected chi connectivity index (χ0v) is 27.1. The zero-order chi connectivity index (χ0) is 32.3. The third-order valence-corrected chi connectivity index (χ3v) is 9.26. The van der Waals surface area contributed by atoms with Crippen molar-refractivity contribution in [2.24, 2.45) is 0 Å². The number of pyridine rings is 2. The van der Waals surface area contributed by atoms with Gasteiger partial charge in [-0.1, -0.05) is 12.1 Å². The van der Waals surface area contributed by atoms with Gasteiger partial charge >= 0.3 is 0 Å². The number of fused-ring (bicyclic) bond motifs is 1. The van der Waals surface area contributed by atoms with E-state index in [0.29, 0.717) is 23.3 Å². The monoisotopic (exact) mass is 624 g/mol. The molecule has 9 heteroatoms. The molecule has 0 spiro atoms. The third-order valence-electron chi connectivity index (χ3n) is 8.15. The fraction of sp³-hybridized carbons (Fsp3) is 0.306. The number of Topliss-reactive ketones (excluding diaryl/α,β-unsaturated/α-hetero) is 1. The molecule has 0 saturated heterocycles. The average molecular weight is 625 g/mol. The Bertz CT molecular complexity index is 2170. The molecule has 0 amide bonds. The van der Waals surface area contributed by atoms with Crippen molar-refractivity contribution in [2.75, 3.05) is 12.9 Å². The standard InChI is InChI=1S/C36H36N2O6S/c1-21-18-28-26(11-13-30(40)38(28)20-23-8-7-9-25(19-23)45(6,41)42)33(31(21)35(22(2)39)44-36(3,4)5)27-10-12-29-32-24(15-17-43-29)14-16-37-34(27)32/h7-14,16,18-19,35H,15,17,20H2,1-6H3/t35-/m1/s1. The predicted molar refractivity (Wildman–Crippen MR) is 176 cm³/mol.